The maximum Gasteiger partial charge on any atom is 0.145 e. The number of aryl methyl sites for hydroxylation is 1. The minimum absolute atomic E-state index is 0.243. The van der Waals surface area contributed by atoms with Gasteiger partial charge in [0.15, 0.2) is 0 Å². The summed E-state index contributed by atoms with van der Waals surface area (Å²) in [5.41, 5.74) is 1.86. The van der Waals surface area contributed by atoms with Crippen molar-refractivity contribution in [2.24, 2.45) is 0 Å². The van der Waals surface area contributed by atoms with Gasteiger partial charge < -0.3 is 5.32 Å². The summed E-state index contributed by atoms with van der Waals surface area (Å²) in [6.45, 7) is 3.11. The zero-order valence-corrected chi connectivity index (χ0v) is 10.3. The first kappa shape index (κ1) is 11.9. The summed E-state index contributed by atoms with van der Waals surface area (Å²) in [6, 6.07) is 4.08. The summed E-state index contributed by atoms with van der Waals surface area (Å²) in [5.74, 6) is -0.243. The van der Waals surface area contributed by atoms with Gasteiger partial charge in [-0.15, -0.1) is 0 Å². The topological polar surface area (TPSA) is 12.0 Å². The molecule has 0 bridgehead atoms. The highest BCUT2D eigenvalue weighted by Crippen LogP contribution is 2.23. The summed E-state index contributed by atoms with van der Waals surface area (Å²) >= 11 is 5.89. The third-order valence-corrected chi connectivity index (χ3v) is 3.48. The third-order valence-electron chi connectivity index (χ3n) is 3.20. The molecular formula is C13H17ClFN. The lowest BCUT2D eigenvalue weighted by Gasteiger charge is -2.12. The van der Waals surface area contributed by atoms with Crippen molar-refractivity contribution in [1.29, 1.82) is 0 Å². The fourth-order valence-electron chi connectivity index (χ4n) is 2.26. The molecule has 1 aromatic rings. The molecule has 1 unspecified atom stereocenters. The van der Waals surface area contributed by atoms with Crippen LogP contribution in [0.15, 0.2) is 12.1 Å². The van der Waals surface area contributed by atoms with Crippen molar-refractivity contribution < 1.29 is 4.39 Å². The van der Waals surface area contributed by atoms with Gasteiger partial charge in [0, 0.05) is 6.04 Å². The Morgan fingerprint density at radius 1 is 1.50 bits per heavy atom. The van der Waals surface area contributed by atoms with Crippen molar-refractivity contribution in [1.82, 2.24) is 5.32 Å². The summed E-state index contributed by atoms with van der Waals surface area (Å²) in [5, 5.41) is 3.64. The Balaban J connectivity index is 2.20. The summed E-state index contributed by atoms with van der Waals surface area (Å²) in [6.07, 6.45) is 3.96. The van der Waals surface area contributed by atoms with Crippen molar-refractivity contribution in [2.45, 2.75) is 38.6 Å². The van der Waals surface area contributed by atoms with Gasteiger partial charge >= 0.3 is 0 Å². The highest BCUT2D eigenvalue weighted by atomic mass is 35.5. The van der Waals surface area contributed by atoms with E-state index in [1.54, 1.807) is 6.07 Å². The molecule has 0 aromatic heterocycles. The minimum Gasteiger partial charge on any atom is -0.314 e. The largest absolute Gasteiger partial charge is 0.314 e. The van der Waals surface area contributed by atoms with E-state index < -0.39 is 0 Å². The molecule has 1 aromatic carbocycles. The summed E-state index contributed by atoms with van der Waals surface area (Å²) < 4.78 is 13.8. The number of benzene rings is 1. The van der Waals surface area contributed by atoms with Crippen LogP contribution in [0.3, 0.4) is 0 Å². The van der Waals surface area contributed by atoms with Crippen LogP contribution in [0.5, 0.6) is 0 Å². The second kappa shape index (κ2) is 5.15. The van der Waals surface area contributed by atoms with Crippen LogP contribution < -0.4 is 5.32 Å². The highest BCUT2D eigenvalue weighted by molar-refractivity contribution is 6.30. The van der Waals surface area contributed by atoms with Gasteiger partial charge in [-0.05, 0) is 49.4 Å². The van der Waals surface area contributed by atoms with Crippen molar-refractivity contribution >= 4 is 11.6 Å². The normalized spacial score (nSPS) is 20.3. The average molecular weight is 242 g/mol. The molecular weight excluding hydrogens is 225 g/mol. The molecule has 1 nitrogen and oxygen atoms in total. The molecule has 1 aliphatic rings. The first-order valence-corrected chi connectivity index (χ1v) is 6.28. The Hall–Kier alpha value is -0.600. The Morgan fingerprint density at radius 3 is 2.94 bits per heavy atom. The monoisotopic (exact) mass is 241 g/mol. The first-order valence-electron chi connectivity index (χ1n) is 5.91. The van der Waals surface area contributed by atoms with Gasteiger partial charge in [-0.25, -0.2) is 4.39 Å². The molecule has 1 atom stereocenters. The Bertz CT molecular complexity index is 372. The maximum absolute atomic E-state index is 13.8. The molecule has 0 saturated carbocycles. The molecule has 1 heterocycles. The van der Waals surface area contributed by atoms with Crippen LogP contribution in [0, 0.1) is 5.82 Å². The molecule has 16 heavy (non-hydrogen) atoms. The molecule has 0 radical (unpaired) electrons. The van der Waals surface area contributed by atoms with E-state index in [2.05, 4.69) is 12.2 Å². The lowest BCUT2D eigenvalue weighted by Crippen LogP contribution is -2.24. The van der Waals surface area contributed by atoms with Crippen molar-refractivity contribution in [3.05, 3.63) is 34.1 Å². The third kappa shape index (κ3) is 2.55. The van der Waals surface area contributed by atoms with Crippen molar-refractivity contribution in [3.63, 3.8) is 0 Å². The number of hydrogen-bond donors (Lipinski definition) is 1. The van der Waals surface area contributed by atoms with Gasteiger partial charge in [-0.3, -0.25) is 0 Å². The zero-order chi connectivity index (χ0) is 11.5. The van der Waals surface area contributed by atoms with E-state index in [1.807, 2.05) is 6.07 Å². The molecule has 88 valence electrons. The predicted octanol–water partition coefficient (Wildman–Crippen LogP) is 3.34. The Labute approximate surface area is 101 Å². The quantitative estimate of drug-likeness (QED) is 0.856. The fraction of sp³-hybridized carbons (Fsp3) is 0.538. The Morgan fingerprint density at radius 2 is 2.31 bits per heavy atom. The second-order valence-corrected chi connectivity index (χ2v) is 4.81. The van der Waals surface area contributed by atoms with Gasteiger partial charge in [0.25, 0.3) is 0 Å². The average Bonchev–Trinajstić information content (AvgIpc) is 2.77. The SMILES string of the molecule is CCc1cc(Cl)c(F)c(CC2CCCN2)c1. The van der Waals surface area contributed by atoms with E-state index in [-0.39, 0.29) is 10.8 Å². The molecule has 1 fully saturated rings. The second-order valence-electron chi connectivity index (χ2n) is 4.40. The van der Waals surface area contributed by atoms with Crippen LogP contribution in [-0.2, 0) is 12.8 Å². The molecule has 1 saturated heterocycles. The van der Waals surface area contributed by atoms with Gasteiger partial charge in [-0.2, -0.15) is 0 Å². The minimum atomic E-state index is -0.243. The van der Waals surface area contributed by atoms with Gasteiger partial charge in [0.1, 0.15) is 5.82 Å². The van der Waals surface area contributed by atoms with Crippen LogP contribution >= 0.6 is 11.6 Å². The summed E-state index contributed by atoms with van der Waals surface area (Å²) in [7, 11) is 0. The van der Waals surface area contributed by atoms with E-state index in [0.717, 1.165) is 36.9 Å². The predicted molar refractivity (Wildman–Crippen MR) is 65.5 cm³/mol. The zero-order valence-electron chi connectivity index (χ0n) is 9.52. The van der Waals surface area contributed by atoms with E-state index in [9.17, 15) is 4.39 Å². The molecule has 3 heteroatoms. The van der Waals surface area contributed by atoms with Crippen LogP contribution in [0.25, 0.3) is 0 Å². The number of nitrogens with one attached hydrogen (secondary N) is 1. The Kier molecular flexibility index (Phi) is 3.82. The first-order chi connectivity index (χ1) is 7.70. The van der Waals surface area contributed by atoms with E-state index in [1.165, 1.54) is 6.42 Å². The number of rotatable bonds is 3. The lowest BCUT2D eigenvalue weighted by molar-refractivity contribution is 0.560. The van der Waals surface area contributed by atoms with Gasteiger partial charge in [-0.1, -0.05) is 24.6 Å². The molecule has 2 rings (SSSR count). The molecule has 1 N–H and O–H groups in total. The van der Waals surface area contributed by atoms with E-state index in [0.29, 0.717) is 6.04 Å². The summed E-state index contributed by atoms with van der Waals surface area (Å²) in [4.78, 5) is 0. The fourth-order valence-corrected chi connectivity index (χ4v) is 2.52. The lowest BCUT2D eigenvalue weighted by atomic mass is 10.0. The van der Waals surface area contributed by atoms with E-state index in [4.69, 9.17) is 11.6 Å². The van der Waals surface area contributed by atoms with Crippen LogP contribution in [-0.4, -0.2) is 12.6 Å². The number of halogens is 2. The molecule has 0 aliphatic carbocycles. The molecule has 0 amide bonds. The van der Waals surface area contributed by atoms with Crippen molar-refractivity contribution in [3.8, 4) is 0 Å². The molecule has 0 spiro atoms. The van der Waals surface area contributed by atoms with Crippen molar-refractivity contribution in [2.75, 3.05) is 6.54 Å². The standard InChI is InChI=1S/C13H17ClFN/c1-2-9-6-10(13(15)12(14)7-9)8-11-4-3-5-16-11/h6-7,11,16H,2-5,8H2,1H3. The van der Waals surface area contributed by atoms with Crippen LogP contribution in [0.4, 0.5) is 4.39 Å². The van der Waals surface area contributed by atoms with E-state index >= 15 is 0 Å². The smallest absolute Gasteiger partial charge is 0.145 e. The van der Waals surface area contributed by atoms with Crippen LogP contribution in [0.1, 0.15) is 30.9 Å². The highest BCUT2D eigenvalue weighted by Gasteiger charge is 2.17. The van der Waals surface area contributed by atoms with Crippen LogP contribution in [0.2, 0.25) is 5.02 Å². The van der Waals surface area contributed by atoms with Gasteiger partial charge in [0.05, 0.1) is 5.02 Å². The number of hydrogen-bond acceptors (Lipinski definition) is 1. The maximum atomic E-state index is 13.8. The van der Waals surface area contributed by atoms with Gasteiger partial charge in [0.2, 0.25) is 0 Å². The molecule has 1 aliphatic heterocycles.